The summed E-state index contributed by atoms with van der Waals surface area (Å²) in [7, 11) is 0. The maximum Gasteiger partial charge on any atom is 0.431 e. The molecule has 0 spiro atoms. The molecule has 0 saturated carbocycles. The minimum atomic E-state index is -4.53. The smallest absolute Gasteiger partial charge is 0.431 e. The van der Waals surface area contributed by atoms with E-state index in [9.17, 15) is 13.2 Å². The van der Waals surface area contributed by atoms with Crippen LogP contribution < -0.4 is 45.9 Å². The Morgan fingerprint density at radius 3 is 1.61 bits per heavy atom. The molecule has 0 amide bonds. The molecule has 0 unspecified atom stereocenters. The third-order valence-electron chi connectivity index (χ3n) is 14.3. The summed E-state index contributed by atoms with van der Waals surface area (Å²) in [6.07, 6.45) is -4.53. The number of fused-ring (bicyclic) bond motifs is 8. The lowest BCUT2D eigenvalue weighted by Crippen LogP contribution is -2.56. The maximum absolute atomic E-state index is 14.4. The summed E-state index contributed by atoms with van der Waals surface area (Å²) in [5.41, 5.74) is 17.1. The molecule has 14 rings (SSSR count). The Morgan fingerprint density at radius 1 is 0.366 bits per heavy atom. The topological polar surface area (TPSA) is 28.2 Å². The number of anilines is 9. The first-order valence-electron chi connectivity index (χ1n) is 23.7. The van der Waals surface area contributed by atoms with E-state index in [-0.39, 0.29) is 6.92 Å². The largest absolute Gasteiger partial charge is 0.551 e. The monoisotopic (exact) mass is 923 g/mol. The molecule has 4 aliphatic rings. The lowest BCUT2D eigenvalue weighted by Gasteiger charge is -2.40. The Balaban J connectivity index is 0.974. The quantitative estimate of drug-likeness (QED) is 0.155. The molecule has 336 valence electrons. The van der Waals surface area contributed by atoms with Gasteiger partial charge < -0.3 is 24.0 Å². The number of nitrogens with zero attached hydrogens (tertiary/aromatic N) is 3. The van der Waals surface area contributed by atoms with E-state index in [4.69, 9.17) is 9.31 Å². The van der Waals surface area contributed by atoms with Gasteiger partial charge in [0.2, 0.25) is 0 Å². The van der Waals surface area contributed by atoms with Crippen LogP contribution in [0.4, 0.5) is 64.4 Å². The Bertz CT molecular complexity index is 3720. The second-order valence-corrected chi connectivity index (χ2v) is 18.3. The summed E-state index contributed by atoms with van der Waals surface area (Å²) >= 11 is 0. The van der Waals surface area contributed by atoms with Crippen molar-refractivity contribution in [1.29, 1.82) is 0 Å². The third-order valence-corrected chi connectivity index (χ3v) is 14.3. The van der Waals surface area contributed by atoms with Gasteiger partial charge in [-0.2, -0.15) is 13.2 Å². The summed E-state index contributed by atoms with van der Waals surface area (Å²) in [5.74, 6) is 1.58. The fourth-order valence-corrected chi connectivity index (χ4v) is 11.2. The first-order valence-corrected chi connectivity index (χ1v) is 23.7. The van der Waals surface area contributed by atoms with E-state index < -0.39 is 18.7 Å². The first kappa shape index (κ1) is 41.1. The van der Waals surface area contributed by atoms with Crippen molar-refractivity contribution < 1.29 is 22.5 Å². The minimum Gasteiger partial charge on any atom is -0.551 e. The highest BCUT2D eigenvalue weighted by Gasteiger charge is 2.45. The number of benzene rings is 10. The van der Waals surface area contributed by atoms with Crippen LogP contribution in [0.15, 0.2) is 231 Å². The van der Waals surface area contributed by atoms with E-state index in [1.54, 1.807) is 6.07 Å². The predicted octanol–water partition coefficient (Wildman–Crippen LogP) is 13.7. The Kier molecular flexibility index (Phi) is 9.17. The Hall–Kier alpha value is -8.88. The highest BCUT2D eigenvalue weighted by Crippen LogP contribution is 2.48. The number of halogens is 3. The average molecular weight is 924 g/mol. The van der Waals surface area contributed by atoms with Crippen LogP contribution in [0, 0.1) is 0 Å². The fraction of sp³-hybridized carbons (Fsp3) is 0.0164. The molecule has 0 aliphatic carbocycles. The van der Waals surface area contributed by atoms with Gasteiger partial charge in [-0.05, 0) is 142 Å². The molecule has 5 nitrogen and oxygen atoms in total. The standard InChI is InChI=1S/C61H38B2F3N3O2/c64-61(65,66)41-15-13-20-46(38-41)69-53-25-10-9-24-51(53)62-60-50(48-22-8-12-28-58(48)71-62)35-40(37-56(60)69)39-29-34-52-55(36-39)68(54-26-14-23-49-47-21-7-11-27-57(47)70-63(52)59(49)54)45-32-30-44(31-33-45)67(42-16-3-1-4-17-42)43-18-5-2-6-19-43/h1-38H. The molecular formula is C61H38B2F3N3O2. The molecule has 0 bridgehead atoms. The van der Waals surface area contributed by atoms with Gasteiger partial charge in [-0.25, -0.2) is 0 Å². The van der Waals surface area contributed by atoms with Gasteiger partial charge in [0.15, 0.2) is 0 Å². The Labute approximate surface area is 409 Å². The van der Waals surface area contributed by atoms with Crippen LogP contribution in [0.3, 0.4) is 0 Å². The van der Waals surface area contributed by atoms with Gasteiger partial charge >= 0.3 is 20.0 Å². The SMILES string of the molecule is FC(F)(F)c1cccc(N2c3ccccc3B3Oc4ccccc4-c4cc(-c5ccc6c(c5)N(c5ccc(N(c7ccccc7)c7ccccc7)cc5)c5cccc7c5B6Oc5ccccc5-7)cc2c43)c1. The molecule has 10 aromatic carbocycles. The van der Waals surface area contributed by atoms with E-state index in [0.717, 1.165) is 118 Å². The van der Waals surface area contributed by atoms with Gasteiger partial charge in [0.1, 0.15) is 11.5 Å². The molecule has 0 atom stereocenters. The normalized spacial score (nSPS) is 13.4. The molecule has 4 heterocycles. The zero-order valence-corrected chi connectivity index (χ0v) is 37.9. The molecule has 0 saturated heterocycles. The summed E-state index contributed by atoms with van der Waals surface area (Å²) in [5, 5.41) is 0. The van der Waals surface area contributed by atoms with Crippen LogP contribution in [-0.2, 0) is 6.18 Å². The third kappa shape index (κ3) is 6.51. The van der Waals surface area contributed by atoms with Crippen LogP contribution in [0.25, 0.3) is 33.4 Å². The second kappa shape index (κ2) is 15.8. The number of hydrogen-bond acceptors (Lipinski definition) is 5. The van der Waals surface area contributed by atoms with E-state index in [1.165, 1.54) is 12.1 Å². The molecule has 0 radical (unpaired) electrons. The molecule has 4 aliphatic heterocycles. The highest BCUT2D eigenvalue weighted by molar-refractivity contribution is 6.86. The van der Waals surface area contributed by atoms with E-state index in [0.29, 0.717) is 5.69 Å². The zero-order chi connectivity index (χ0) is 47.4. The highest BCUT2D eigenvalue weighted by atomic mass is 19.4. The van der Waals surface area contributed by atoms with Gasteiger partial charge in [0.05, 0.1) is 5.56 Å². The number of alkyl halides is 3. The summed E-state index contributed by atoms with van der Waals surface area (Å²) in [6.45, 7) is -0.870. The summed E-state index contributed by atoms with van der Waals surface area (Å²) in [6, 6.07) is 76.6. The van der Waals surface area contributed by atoms with Crippen molar-refractivity contribution in [2.75, 3.05) is 14.7 Å². The van der Waals surface area contributed by atoms with Gasteiger partial charge in [-0.3, -0.25) is 0 Å². The summed E-state index contributed by atoms with van der Waals surface area (Å²) in [4.78, 5) is 6.57. The van der Waals surface area contributed by atoms with E-state index in [1.807, 2.05) is 71.6 Å². The number of rotatable bonds is 6. The van der Waals surface area contributed by atoms with Crippen molar-refractivity contribution in [3.8, 4) is 44.9 Å². The lowest BCUT2D eigenvalue weighted by atomic mass is 9.49. The molecule has 71 heavy (non-hydrogen) atoms. The summed E-state index contributed by atoms with van der Waals surface area (Å²) < 4.78 is 57.2. The van der Waals surface area contributed by atoms with Gasteiger partial charge in [0.25, 0.3) is 0 Å². The van der Waals surface area contributed by atoms with Gasteiger partial charge in [-0.15, -0.1) is 0 Å². The molecule has 10 aromatic rings. The van der Waals surface area contributed by atoms with Crippen LogP contribution in [0.5, 0.6) is 11.5 Å². The predicted molar refractivity (Wildman–Crippen MR) is 283 cm³/mol. The Morgan fingerprint density at radius 2 is 0.901 bits per heavy atom. The zero-order valence-electron chi connectivity index (χ0n) is 37.9. The number of hydrogen-bond donors (Lipinski definition) is 0. The van der Waals surface area contributed by atoms with Crippen LogP contribution >= 0.6 is 0 Å². The molecule has 0 fully saturated rings. The van der Waals surface area contributed by atoms with Crippen LogP contribution in [0.1, 0.15) is 5.56 Å². The minimum absolute atomic E-state index is 0.385. The van der Waals surface area contributed by atoms with Crippen LogP contribution in [-0.4, -0.2) is 13.8 Å². The second-order valence-electron chi connectivity index (χ2n) is 18.3. The maximum atomic E-state index is 14.4. The fourth-order valence-electron chi connectivity index (χ4n) is 11.2. The number of para-hydroxylation sites is 5. The molecule has 0 N–H and O–H groups in total. The van der Waals surface area contributed by atoms with E-state index >= 15 is 0 Å². The molecule has 10 heteroatoms. The van der Waals surface area contributed by atoms with Gasteiger partial charge in [0, 0.05) is 73.2 Å². The molecular weight excluding hydrogens is 885 g/mol. The molecule has 0 aromatic heterocycles. The van der Waals surface area contributed by atoms with E-state index in [2.05, 4.69) is 149 Å². The lowest BCUT2D eigenvalue weighted by molar-refractivity contribution is -0.137. The van der Waals surface area contributed by atoms with Crippen molar-refractivity contribution >= 4 is 86.9 Å². The van der Waals surface area contributed by atoms with Crippen molar-refractivity contribution in [3.05, 3.63) is 236 Å². The van der Waals surface area contributed by atoms with Crippen molar-refractivity contribution in [1.82, 2.24) is 0 Å². The van der Waals surface area contributed by atoms with Crippen LogP contribution in [0.2, 0.25) is 0 Å². The van der Waals surface area contributed by atoms with Crippen molar-refractivity contribution in [2.24, 2.45) is 0 Å². The van der Waals surface area contributed by atoms with Crippen molar-refractivity contribution in [3.63, 3.8) is 0 Å². The first-order chi connectivity index (χ1) is 34.9. The van der Waals surface area contributed by atoms with Crippen molar-refractivity contribution in [2.45, 2.75) is 6.18 Å². The van der Waals surface area contributed by atoms with Gasteiger partial charge in [-0.1, -0.05) is 121 Å². The average Bonchev–Trinajstić information content (AvgIpc) is 3.42.